The van der Waals surface area contributed by atoms with Crippen molar-refractivity contribution in [3.63, 3.8) is 0 Å². The van der Waals surface area contributed by atoms with Gasteiger partial charge in [0.1, 0.15) is 5.82 Å². The third-order valence-corrected chi connectivity index (χ3v) is 3.21. The summed E-state index contributed by atoms with van der Waals surface area (Å²) >= 11 is 0. The Morgan fingerprint density at radius 2 is 1.62 bits per heavy atom. The van der Waals surface area contributed by atoms with Gasteiger partial charge in [-0.1, -0.05) is 31.2 Å². The molecule has 1 amide bonds. The van der Waals surface area contributed by atoms with E-state index in [9.17, 15) is 9.18 Å². The van der Waals surface area contributed by atoms with Gasteiger partial charge in [0.05, 0.1) is 5.71 Å². The molecule has 0 radical (unpaired) electrons. The van der Waals surface area contributed by atoms with Gasteiger partial charge in [0.2, 0.25) is 0 Å². The molecule has 0 aliphatic rings. The smallest absolute Gasteiger partial charge is 0.267 e. The number of amides is 1. The Kier molecular flexibility index (Phi) is 4.82. The van der Waals surface area contributed by atoms with Crippen molar-refractivity contribution < 1.29 is 9.18 Å². The van der Waals surface area contributed by atoms with Crippen LogP contribution in [0.3, 0.4) is 0 Å². The van der Waals surface area contributed by atoms with Gasteiger partial charge in [-0.25, -0.2) is 9.82 Å². The first kappa shape index (κ1) is 14.9. The number of nitrogens with zero attached hydrogens (tertiary/aromatic N) is 1. The largest absolute Gasteiger partial charge is 0.271 e. The molecule has 0 atom stereocenters. The van der Waals surface area contributed by atoms with Crippen LogP contribution >= 0.6 is 0 Å². The highest BCUT2D eigenvalue weighted by Crippen LogP contribution is 2.06. The Morgan fingerprint density at radius 1 is 1.05 bits per heavy atom. The van der Waals surface area contributed by atoms with Gasteiger partial charge in [-0.2, -0.15) is 5.10 Å². The number of rotatable bonds is 4. The number of aryl methyl sites for hydroxylation is 1. The normalized spacial score (nSPS) is 11.3. The van der Waals surface area contributed by atoms with Gasteiger partial charge < -0.3 is 0 Å². The second-order valence-electron chi connectivity index (χ2n) is 4.70. The summed E-state index contributed by atoms with van der Waals surface area (Å²) in [5, 5.41) is 4.07. The maximum absolute atomic E-state index is 12.8. The molecule has 3 nitrogen and oxygen atoms in total. The van der Waals surface area contributed by atoms with Gasteiger partial charge in [0, 0.05) is 5.56 Å². The van der Waals surface area contributed by atoms with Gasteiger partial charge in [-0.05, 0) is 48.7 Å². The number of benzene rings is 2. The summed E-state index contributed by atoms with van der Waals surface area (Å²) in [7, 11) is 0. The Hall–Kier alpha value is -2.49. The molecule has 0 spiro atoms. The number of carbonyl (C=O) groups excluding carboxylic acids is 1. The predicted molar refractivity (Wildman–Crippen MR) is 81.9 cm³/mol. The molecule has 21 heavy (non-hydrogen) atoms. The van der Waals surface area contributed by atoms with E-state index in [1.807, 2.05) is 31.2 Å². The SMILES string of the molecule is CCc1ccc(/C(C)=N/NC(=O)c2ccc(F)cc2)cc1. The molecule has 0 aliphatic heterocycles. The van der Waals surface area contributed by atoms with Gasteiger partial charge >= 0.3 is 0 Å². The third-order valence-electron chi connectivity index (χ3n) is 3.21. The van der Waals surface area contributed by atoms with E-state index in [0.29, 0.717) is 11.3 Å². The molecule has 2 aromatic carbocycles. The second-order valence-corrected chi connectivity index (χ2v) is 4.70. The number of carbonyl (C=O) groups is 1. The summed E-state index contributed by atoms with van der Waals surface area (Å²) < 4.78 is 12.8. The molecule has 0 saturated heterocycles. The Labute approximate surface area is 123 Å². The van der Waals surface area contributed by atoms with Crippen molar-refractivity contribution >= 4 is 11.6 Å². The highest BCUT2D eigenvalue weighted by atomic mass is 19.1. The first-order valence-corrected chi connectivity index (χ1v) is 6.79. The first-order chi connectivity index (χ1) is 10.1. The number of hydrogen-bond donors (Lipinski definition) is 1. The minimum absolute atomic E-state index is 0.362. The molecule has 2 rings (SSSR count). The Balaban J connectivity index is 2.05. The molecular formula is C17H17FN2O. The zero-order valence-corrected chi connectivity index (χ0v) is 12.1. The summed E-state index contributed by atoms with van der Waals surface area (Å²) in [6.07, 6.45) is 0.984. The molecule has 2 aromatic rings. The van der Waals surface area contributed by atoms with Crippen LogP contribution < -0.4 is 5.43 Å². The van der Waals surface area contributed by atoms with Crippen LogP contribution in [-0.4, -0.2) is 11.6 Å². The van der Waals surface area contributed by atoms with Crippen LogP contribution in [-0.2, 0) is 6.42 Å². The molecule has 0 unspecified atom stereocenters. The molecule has 0 saturated carbocycles. The van der Waals surface area contributed by atoms with Crippen LogP contribution in [0.25, 0.3) is 0 Å². The van der Waals surface area contributed by atoms with Crippen LogP contribution in [0.4, 0.5) is 4.39 Å². The molecule has 0 bridgehead atoms. The zero-order chi connectivity index (χ0) is 15.2. The molecule has 4 heteroatoms. The van der Waals surface area contributed by atoms with Gasteiger partial charge in [0.15, 0.2) is 0 Å². The molecule has 0 aliphatic carbocycles. The number of hydrogen-bond acceptors (Lipinski definition) is 2. The summed E-state index contributed by atoms with van der Waals surface area (Å²) in [5.41, 5.74) is 5.76. The second kappa shape index (κ2) is 6.79. The number of halogens is 1. The van der Waals surface area contributed by atoms with Crippen LogP contribution in [0.1, 0.15) is 35.3 Å². The van der Waals surface area contributed by atoms with Crippen molar-refractivity contribution in [2.45, 2.75) is 20.3 Å². The van der Waals surface area contributed by atoms with Crippen molar-refractivity contribution in [1.82, 2.24) is 5.43 Å². The lowest BCUT2D eigenvalue weighted by molar-refractivity contribution is 0.0955. The maximum Gasteiger partial charge on any atom is 0.271 e. The minimum atomic E-state index is -0.373. The van der Waals surface area contributed by atoms with Crippen LogP contribution in [0, 0.1) is 5.82 Å². The molecule has 0 aromatic heterocycles. The Morgan fingerprint density at radius 3 is 2.19 bits per heavy atom. The molecule has 0 heterocycles. The Bertz CT molecular complexity index is 645. The van der Waals surface area contributed by atoms with Crippen LogP contribution in [0.15, 0.2) is 53.6 Å². The van der Waals surface area contributed by atoms with Crippen LogP contribution in [0.5, 0.6) is 0 Å². The molecule has 1 N–H and O–H groups in total. The van der Waals surface area contributed by atoms with E-state index in [4.69, 9.17) is 0 Å². The summed E-state index contributed by atoms with van der Waals surface area (Å²) in [6, 6.07) is 13.4. The van der Waals surface area contributed by atoms with Crippen molar-refractivity contribution in [3.05, 3.63) is 71.0 Å². The zero-order valence-electron chi connectivity index (χ0n) is 12.1. The summed E-state index contributed by atoms with van der Waals surface area (Å²) in [4.78, 5) is 11.9. The fourth-order valence-electron chi connectivity index (χ4n) is 1.85. The molecular weight excluding hydrogens is 267 g/mol. The minimum Gasteiger partial charge on any atom is -0.267 e. The third kappa shape index (κ3) is 3.99. The highest BCUT2D eigenvalue weighted by molar-refractivity contribution is 6.00. The quantitative estimate of drug-likeness (QED) is 0.677. The summed E-state index contributed by atoms with van der Waals surface area (Å²) in [6.45, 7) is 3.92. The van der Waals surface area contributed by atoms with E-state index < -0.39 is 0 Å². The fourth-order valence-corrected chi connectivity index (χ4v) is 1.85. The van der Waals surface area contributed by atoms with E-state index >= 15 is 0 Å². The summed E-state index contributed by atoms with van der Waals surface area (Å²) in [5.74, 6) is -0.734. The van der Waals surface area contributed by atoms with E-state index in [-0.39, 0.29) is 11.7 Å². The van der Waals surface area contributed by atoms with Gasteiger partial charge in [-0.15, -0.1) is 0 Å². The average Bonchev–Trinajstić information content (AvgIpc) is 2.53. The van der Waals surface area contributed by atoms with Crippen molar-refractivity contribution in [2.75, 3.05) is 0 Å². The van der Waals surface area contributed by atoms with E-state index in [1.54, 1.807) is 0 Å². The highest BCUT2D eigenvalue weighted by Gasteiger charge is 2.05. The number of nitrogens with one attached hydrogen (secondary N) is 1. The van der Waals surface area contributed by atoms with E-state index in [0.717, 1.165) is 12.0 Å². The van der Waals surface area contributed by atoms with Gasteiger partial charge in [0.25, 0.3) is 5.91 Å². The molecule has 0 fully saturated rings. The van der Waals surface area contributed by atoms with Crippen LogP contribution in [0.2, 0.25) is 0 Å². The lowest BCUT2D eigenvalue weighted by atomic mass is 10.1. The predicted octanol–water partition coefficient (Wildman–Crippen LogP) is 3.54. The number of hydrazone groups is 1. The fraction of sp³-hybridized carbons (Fsp3) is 0.176. The maximum atomic E-state index is 12.8. The topological polar surface area (TPSA) is 41.5 Å². The van der Waals surface area contributed by atoms with Crippen molar-refractivity contribution in [2.24, 2.45) is 5.10 Å². The van der Waals surface area contributed by atoms with Gasteiger partial charge in [-0.3, -0.25) is 4.79 Å². The standard InChI is InChI=1S/C17H17FN2O/c1-3-13-4-6-14(7-5-13)12(2)19-20-17(21)15-8-10-16(18)11-9-15/h4-11H,3H2,1-2H3,(H,20,21)/b19-12+. The van der Waals surface area contributed by atoms with E-state index in [2.05, 4.69) is 17.5 Å². The monoisotopic (exact) mass is 284 g/mol. The first-order valence-electron chi connectivity index (χ1n) is 6.79. The molecule has 108 valence electrons. The lowest BCUT2D eigenvalue weighted by Crippen LogP contribution is -2.19. The lowest BCUT2D eigenvalue weighted by Gasteiger charge is -2.04. The van der Waals surface area contributed by atoms with Crippen molar-refractivity contribution in [3.8, 4) is 0 Å². The van der Waals surface area contributed by atoms with Crippen molar-refractivity contribution in [1.29, 1.82) is 0 Å². The van der Waals surface area contributed by atoms with E-state index in [1.165, 1.54) is 29.8 Å². The average molecular weight is 284 g/mol.